The number of hydrogen-bond donors (Lipinski definition) is 3. The van der Waals surface area contributed by atoms with Crippen molar-refractivity contribution < 1.29 is 9.59 Å². The molecule has 3 amide bonds. The fraction of sp³-hybridized carbons (Fsp3) is 0.421. The Bertz CT molecular complexity index is 782. The summed E-state index contributed by atoms with van der Waals surface area (Å²) in [5, 5.41) is 14.2. The van der Waals surface area contributed by atoms with Crippen LogP contribution in [-0.2, 0) is 4.79 Å². The number of nitrogens with two attached hydrogens (primary N) is 1. The van der Waals surface area contributed by atoms with Gasteiger partial charge in [-0.25, -0.2) is 4.79 Å². The predicted octanol–water partition coefficient (Wildman–Crippen LogP) is 2.82. The van der Waals surface area contributed by atoms with Gasteiger partial charge in [0.1, 0.15) is 5.25 Å². The van der Waals surface area contributed by atoms with Crippen molar-refractivity contribution in [2.45, 2.75) is 44.8 Å². The van der Waals surface area contributed by atoms with Crippen LogP contribution < -0.4 is 16.4 Å². The fourth-order valence-electron chi connectivity index (χ4n) is 2.81. The summed E-state index contributed by atoms with van der Waals surface area (Å²) in [6.45, 7) is 6.52. The van der Waals surface area contributed by atoms with Crippen molar-refractivity contribution in [1.29, 1.82) is 5.26 Å². The first-order valence-electron chi connectivity index (χ1n) is 8.61. The highest BCUT2D eigenvalue weighted by Crippen LogP contribution is 2.45. The van der Waals surface area contributed by atoms with Crippen LogP contribution in [0.4, 0.5) is 4.79 Å². The molecule has 138 valence electrons. The maximum atomic E-state index is 12.6. The topological polar surface area (TPSA) is 108 Å². The largest absolute Gasteiger partial charge is 0.393 e. The van der Waals surface area contributed by atoms with Crippen LogP contribution in [0.15, 0.2) is 28.8 Å². The van der Waals surface area contributed by atoms with Gasteiger partial charge in [-0.05, 0) is 37.0 Å². The standard InChI is InChI=1S/C19H24N4O2S/c1-4-5-8-22-19(25)23-18(24)16-15(14(10-20)17(21)26-16)13-7-6-11(2)12(3)9-13/h6-7,9,15-16H,4-5,8,21H2,1-3H3,(H2,22,23,24,25). The Morgan fingerprint density at radius 3 is 2.65 bits per heavy atom. The number of rotatable bonds is 5. The highest BCUT2D eigenvalue weighted by Gasteiger charge is 2.41. The molecule has 7 heteroatoms. The Hall–Kier alpha value is -2.46. The summed E-state index contributed by atoms with van der Waals surface area (Å²) in [7, 11) is 0. The number of urea groups is 1. The van der Waals surface area contributed by atoms with E-state index in [1.807, 2.05) is 39.0 Å². The lowest BCUT2D eigenvalue weighted by Gasteiger charge is -2.20. The minimum absolute atomic E-state index is 0.335. The van der Waals surface area contributed by atoms with E-state index in [1.165, 1.54) is 0 Å². The molecule has 2 atom stereocenters. The van der Waals surface area contributed by atoms with Crippen LogP contribution in [0.1, 0.15) is 42.4 Å². The Labute approximate surface area is 158 Å². The second kappa shape index (κ2) is 8.77. The fourth-order valence-corrected chi connectivity index (χ4v) is 3.98. The van der Waals surface area contributed by atoms with E-state index in [0.717, 1.165) is 41.3 Å². The molecule has 1 aliphatic rings. The number of nitrogens with zero attached hydrogens (tertiary/aromatic N) is 1. The summed E-state index contributed by atoms with van der Waals surface area (Å²) < 4.78 is 0. The van der Waals surface area contributed by atoms with Crippen molar-refractivity contribution in [2.24, 2.45) is 5.73 Å². The van der Waals surface area contributed by atoms with Crippen molar-refractivity contribution in [1.82, 2.24) is 10.6 Å². The second-order valence-electron chi connectivity index (χ2n) is 6.35. The maximum Gasteiger partial charge on any atom is 0.321 e. The molecule has 1 aromatic rings. The quantitative estimate of drug-likeness (QED) is 0.689. The lowest BCUT2D eigenvalue weighted by atomic mass is 9.87. The van der Waals surface area contributed by atoms with Crippen molar-refractivity contribution in [3.05, 3.63) is 45.5 Å². The number of carbonyl (C=O) groups is 2. The van der Waals surface area contributed by atoms with E-state index >= 15 is 0 Å². The smallest absolute Gasteiger partial charge is 0.321 e. The van der Waals surface area contributed by atoms with Crippen LogP contribution in [-0.4, -0.2) is 23.7 Å². The Morgan fingerprint density at radius 1 is 1.31 bits per heavy atom. The summed E-state index contributed by atoms with van der Waals surface area (Å²) in [5.41, 5.74) is 9.42. The van der Waals surface area contributed by atoms with Crippen molar-refractivity contribution >= 4 is 23.7 Å². The minimum Gasteiger partial charge on any atom is -0.393 e. The number of thioether (sulfide) groups is 1. The Morgan fingerprint density at radius 2 is 2.04 bits per heavy atom. The summed E-state index contributed by atoms with van der Waals surface area (Å²) in [5.74, 6) is -0.909. The molecule has 6 nitrogen and oxygen atoms in total. The monoisotopic (exact) mass is 372 g/mol. The van der Waals surface area contributed by atoms with E-state index < -0.39 is 23.1 Å². The molecule has 0 aromatic heterocycles. The van der Waals surface area contributed by atoms with Gasteiger partial charge in [0.15, 0.2) is 0 Å². The number of aryl methyl sites for hydroxylation is 2. The normalized spacial score (nSPS) is 19.2. The van der Waals surface area contributed by atoms with Crippen LogP contribution in [0.25, 0.3) is 0 Å². The number of benzene rings is 1. The molecule has 26 heavy (non-hydrogen) atoms. The van der Waals surface area contributed by atoms with Gasteiger partial charge in [0, 0.05) is 12.5 Å². The number of hydrogen-bond acceptors (Lipinski definition) is 5. The lowest BCUT2D eigenvalue weighted by molar-refractivity contribution is -0.119. The molecule has 1 aromatic carbocycles. The van der Waals surface area contributed by atoms with Gasteiger partial charge in [0.2, 0.25) is 5.91 Å². The number of amides is 3. The van der Waals surface area contributed by atoms with E-state index in [-0.39, 0.29) is 0 Å². The molecule has 0 spiro atoms. The van der Waals surface area contributed by atoms with E-state index in [1.54, 1.807) is 0 Å². The van der Waals surface area contributed by atoms with Gasteiger partial charge in [0.05, 0.1) is 16.7 Å². The van der Waals surface area contributed by atoms with Gasteiger partial charge in [0.25, 0.3) is 0 Å². The van der Waals surface area contributed by atoms with E-state index in [9.17, 15) is 14.9 Å². The zero-order valence-electron chi connectivity index (χ0n) is 15.3. The molecule has 1 heterocycles. The minimum atomic E-state index is -0.649. The maximum absolute atomic E-state index is 12.6. The van der Waals surface area contributed by atoms with Crippen molar-refractivity contribution in [3.8, 4) is 6.07 Å². The van der Waals surface area contributed by atoms with Crippen molar-refractivity contribution in [2.75, 3.05) is 6.54 Å². The predicted molar refractivity (Wildman–Crippen MR) is 103 cm³/mol. The SMILES string of the molecule is CCCCNC(=O)NC(=O)C1SC(N)=C(C#N)C1c1ccc(C)c(C)c1. The number of allylic oxidation sites excluding steroid dienone is 1. The second-order valence-corrected chi connectivity index (χ2v) is 7.53. The van der Waals surface area contributed by atoms with Crippen molar-refractivity contribution in [3.63, 3.8) is 0 Å². The molecule has 0 bridgehead atoms. The number of imide groups is 1. The molecule has 4 N–H and O–H groups in total. The van der Waals surface area contributed by atoms with E-state index in [2.05, 4.69) is 16.7 Å². The number of unbranched alkanes of at least 4 members (excludes halogenated alkanes) is 1. The van der Waals surface area contributed by atoms with Crippen LogP contribution in [0.2, 0.25) is 0 Å². The Balaban J connectivity index is 2.21. The van der Waals surface area contributed by atoms with Crippen LogP contribution in [0, 0.1) is 25.2 Å². The van der Waals surface area contributed by atoms with Gasteiger partial charge in [-0.1, -0.05) is 43.3 Å². The first-order chi connectivity index (χ1) is 12.4. The number of nitriles is 1. The van der Waals surface area contributed by atoms with Crippen LogP contribution in [0.3, 0.4) is 0 Å². The third-order valence-corrected chi connectivity index (χ3v) is 5.67. The molecule has 0 radical (unpaired) electrons. The third-order valence-electron chi connectivity index (χ3n) is 4.45. The zero-order chi connectivity index (χ0) is 19.3. The highest BCUT2D eigenvalue weighted by molar-refractivity contribution is 8.04. The molecule has 0 saturated carbocycles. The molecule has 1 aliphatic heterocycles. The number of nitrogens with one attached hydrogen (secondary N) is 2. The average molecular weight is 372 g/mol. The molecular weight excluding hydrogens is 348 g/mol. The molecule has 2 unspecified atom stereocenters. The zero-order valence-corrected chi connectivity index (χ0v) is 16.1. The summed E-state index contributed by atoms with van der Waals surface area (Å²) in [4.78, 5) is 24.5. The first-order valence-corrected chi connectivity index (χ1v) is 9.49. The van der Waals surface area contributed by atoms with Gasteiger partial charge < -0.3 is 11.1 Å². The Kier molecular flexibility index (Phi) is 6.70. The van der Waals surface area contributed by atoms with Gasteiger partial charge in [-0.15, -0.1) is 0 Å². The summed E-state index contributed by atoms with van der Waals surface area (Å²) >= 11 is 1.13. The molecule has 0 aliphatic carbocycles. The molecular formula is C19H24N4O2S. The van der Waals surface area contributed by atoms with Crippen LogP contribution >= 0.6 is 11.8 Å². The highest BCUT2D eigenvalue weighted by atomic mass is 32.2. The summed E-state index contributed by atoms with van der Waals surface area (Å²) in [6, 6.07) is 7.45. The number of carbonyl (C=O) groups excluding carboxylic acids is 2. The van der Waals surface area contributed by atoms with E-state index in [4.69, 9.17) is 5.73 Å². The van der Waals surface area contributed by atoms with Gasteiger partial charge in [-0.3, -0.25) is 10.1 Å². The average Bonchev–Trinajstić information content (AvgIpc) is 2.94. The van der Waals surface area contributed by atoms with Gasteiger partial charge in [-0.2, -0.15) is 5.26 Å². The first kappa shape index (κ1) is 19.9. The van der Waals surface area contributed by atoms with Crippen LogP contribution in [0.5, 0.6) is 0 Å². The molecule has 0 fully saturated rings. The van der Waals surface area contributed by atoms with E-state index in [0.29, 0.717) is 17.1 Å². The molecule has 0 saturated heterocycles. The van der Waals surface area contributed by atoms with Gasteiger partial charge >= 0.3 is 6.03 Å². The molecule has 2 rings (SSSR count). The third kappa shape index (κ3) is 4.38. The summed E-state index contributed by atoms with van der Waals surface area (Å²) in [6.07, 6.45) is 1.80. The lowest BCUT2D eigenvalue weighted by Crippen LogP contribution is -2.44.